The Balaban J connectivity index is 2.36. The fourth-order valence-electron chi connectivity index (χ4n) is 3.59. The predicted molar refractivity (Wildman–Crippen MR) is 106 cm³/mol. The van der Waals surface area contributed by atoms with Gasteiger partial charge in [0.05, 0.1) is 13.6 Å². The van der Waals surface area contributed by atoms with E-state index in [1.807, 2.05) is 0 Å². The summed E-state index contributed by atoms with van der Waals surface area (Å²) < 4.78 is 3.37. The first-order valence-corrected chi connectivity index (χ1v) is 12.1. The van der Waals surface area contributed by atoms with Gasteiger partial charge in [0.15, 0.2) is 0 Å². The average molecular weight is 383 g/mol. The molecule has 2 aromatic rings. The third kappa shape index (κ3) is 2.16. The van der Waals surface area contributed by atoms with Crippen molar-refractivity contribution in [1.29, 1.82) is 0 Å². The van der Waals surface area contributed by atoms with Gasteiger partial charge in [-0.25, -0.2) is 4.98 Å². The lowest BCUT2D eigenvalue weighted by Crippen LogP contribution is -2.40. The molecule has 2 heterocycles. The lowest BCUT2D eigenvalue weighted by atomic mass is 10.1. The molecule has 4 heteroatoms. The van der Waals surface area contributed by atoms with Crippen LogP contribution in [0.3, 0.4) is 0 Å². The summed E-state index contributed by atoms with van der Waals surface area (Å²) >= 11 is 3.65. The second-order valence-electron chi connectivity index (χ2n) is 7.17. The number of rotatable bonds is 1. The van der Waals surface area contributed by atoms with Gasteiger partial charge in [0.2, 0.25) is 0 Å². The zero-order valence-corrected chi connectivity index (χ0v) is 16.4. The molecule has 2 aliphatic rings. The van der Waals surface area contributed by atoms with Crippen molar-refractivity contribution < 1.29 is 0 Å². The summed E-state index contributed by atoms with van der Waals surface area (Å²) in [6.45, 7) is 7.26. The highest BCUT2D eigenvalue weighted by Gasteiger charge is 2.29. The molecule has 0 bridgehead atoms. The normalized spacial score (nSPS) is 12.6. The number of fused-ring (bicyclic) bond motifs is 4. The fraction of sp³-hybridized carbons (Fsp3) is 0.211. The van der Waals surface area contributed by atoms with Crippen molar-refractivity contribution in [3.05, 3.63) is 46.9 Å². The molecule has 0 fully saturated rings. The van der Waals surface area contributed by atoms with Crippen LogP contribution in [-0.2, 0) is 7.05 Å². The molecule has 0 spiro atoms. The summed E-state index contributed by atoms with van der Waals surface area (Å²) in [6.07, 6.45) is 0. The molecule has 2 nitrogen and oxygen atoms in total. The van der Waals surface area contributed by atoms with Gasteiger partial charge in [0.1, 0.15) is 5.82 Å². The number of pyridine rings is 1. The van der Waals surface area contributed by atoms with Gasteiger partial charge in [-0.05, 0) is 34.8 Å². The highest BCUT2D eigenvalue weighted by Crippen LogP contribution is 2.35. The average Bonchev–Trinajstić information content (AvgIpc) is 2.85. The Morgan fingerprint density at radius 1 is 1.00 bits per heavy atom. The van der Waals surface area contributed by atoms with E-state index in [1.54, 1.807) is 0 Å². The lowest BCUT2D eigenvalue weighted by molar-refractivity contribution is 0.940. The van der Waals surface area contributed by atoms with Crippen molar-refractivity contribution in [1.82, 2.24) is 9.55 Å². The molecular formula is C19H19BrN2Si. The van der Waals surface area contributed by atoms with Crippen LogP contribution < -0.4 is 5.19 Å². The zero-order chi connectivity index (χ0) is 16.4. The minimum atomic E-state index is -1.56. The first-order chi connectivity index (χ1) is 10.9. The van der Waals surface area contributed by atoms with Crippen molar-refractivity contribution in [2.75, 3.05) is 0 Å². The number of aromatic nitrogens is 2. The maximum Gasteiger partial charge on any atom is 0.141 e. The van der Waals surface area contributed by atoms with Crippen LogP contribution in [0.25, 0.3) is 33.2 Å². The molecule has 0 unspecified atom stereocenters. The lowest BCUT2D eigenvalue weighted by Gasteiger charge is -2.25. The van der Waals surface area contributed by atoms with Crippen LogP contribution in [0.4, 0.5) is 0 Å². The van der Waals surface area contributed by atoms with Gasteiger partial charge in [-0.3, -0.25) is 0 Å². The van der Waals surface area contributed by atoms with Crippen LogP contribution in [-0.4, -0.2) is 17.6 Å². The summed E-state index contributed by atoms with van der Waals surface area (Å²) in [7, 11) is 0.560. The first-order valence-electron chi connectivity index (χ1n) is 7.85. The van der Waals surface area contributed by atoms with E-state index in [0.717, 1.165) is 15.8 Å². The van der Waals surface area contributed by atoms with Crippen LogP contribution in [0.2, 0.25) is 19.6 Å². The van der Waals surface area contributed by atoms with Gasteiger partial charge in [-0.15, -0.1) is 0 Å². The van der Waals surface area contributed by atoms with Gasteiger partial charge >= 0.3 is 0 Å². The Morgan fingerprint density at radius 2 is 1.74 bits per heavy atom. The maximum absolute atomic E-state index is 4.93. The topological polar surface area (TPSA) is 17.8 Å². The molecule has 2 aromatic carbocycles. The molecule has 23 heavy (non-hydrogen) atoms. The van der Waals surface area contributed by atoms with E-state index in [2.05, 4.69) is 89.7 Å². The molecule has 0 amide bonds. The summed E-state index contributed by atoms with van der Waals surface area (Å²) in [5.41, 5.74) is 3.68. The summed E-state index contributed by atoms with van der Waals surface area (Å²) in [4.78, 5) is 4.93. The second kappa shape index (κ2) is 4.92. The number of para-hydroxylation sites is 1. The third-order valence-electron chi connectivity index (χ3n) is 4.53. The van der Waals surface area contributed by atoms with Gasteiger partial charge in [0, 0.05) is 28.0 Å². The van der Waals surface area contributed by atoms with Crippen molar-refractivity contribution in [2.24, 2.45) is 7.05 Å². The highest BCUT2D eigenvalue weighted by atomic mass is 79.9. The number of hydrogen-bond acceptors (Lipinski definition) is 1. The minimum absolute atomic E-state index is 1.09. The Bertz CT molecular complexity index is 1030. The molecule has 0 atom stereocenters. The highest BCUT2D eigenvalue weighted by molar-refractivity contribution is 9.10. The van der Waals surface area contributed by atoms with Crippen LogP contribution in [0, 0.1) is 0 Å². The number of aryl methyl sites for hydroxylation is 1. The molecule has 0 saturated carbocycles. The van der Waals surface area contributed by atoms with Crippen molar-refractivity contribution in [3.8, 4) is 11.4 Å². The van der Waals surface area contributed by atoms with Gasteiger partial charge in [-0.1, -0.05) is 53.8 Å². The molecule has 0 aromatic heterocycles. The molecule has 2 aliphatic heterocycles. The van der Waals surface area contributed by atoms with E-state index < -0.39 is 8.07 Å². The van der Waals surface area contributed by atoms with E-state index >= 15 is 0 Å². The predicted octanol–water partition coefficient (Wildman–Crippen LogP) is 5.14. The molecule has 0 aliphatic carbocycles. The molecule has 4 rings (SSSR count). The fourth-order valence-corrected chi connectivity index (χ4v) is 5.96. The van der Waals surface area contributed by atoms with E-state index in [9.17, 15) is 0 Å². The molecule has 116 valence electrons. The number of benzene rings is 2. The molecule has 0 saturated heterocycles. The first kappa shape index (κ1) is 14.9. The van der Waals surface area contributed by atoms with Crippen LogP contribution in [0.1, 0.15) is 0 Å². The Hall–Kier alpha value is -1.65. The van der Waals surface area contributed by atoms with Crippen molar-refractivity contribution in [2.45, 2.75) is 19.6 Å². The number of halogens is 1. The number of nitrogens with zero attached hydrogens (tertiary/aromatic N) is 2. The van der Waals surface area contributed by atoms with Gasteiger partial charge < -0.3 is 4.57 Å². The van der Waals surface area contributed by atoms with Crippen molar-refractivity contribution >= 4 is 51.0 Å². The van der Waals surface area contributed by atoms with Gasteiger partial charge in [-0.2, -0.15) is 0 Å². The van der Waals surface area contributed by atoms with E-state index in [1.165, 1.54) is 27.0 Å². The molecule has 0 radical (unpaired) electrons. The van der Waals surface area contributed by atoms with Crippen LogP contribution in [0.15, 0.2) is 46.9 Å². The Labute approximate surface area is 145 Å². The SMILES string of the molecule is Cn1c2nc3ccccc3c-2c([Si](C)(C)C)c2cc(Br)ccc21. The monoisotopic (exact) mass is 382 g/mol. The second-order valence-corrected chi connectivity index (χ2v) is 13.1. The maximum atomic E-state index is 4.93. The largest absolute Gasteiger partial charge is 0.328 e. The summed E-state index contributed by atoms with van der Waals surface area (Å²) in [6, 6.07) is 15.1. The number of hydrogen-bond donors (Lipinski definition) is 0. The Kier molecular flexibility index (Phi) is 3.19. The van der Waals surface area contributed by atoms with Crippen LogP contribution in [0.5, 0.6) is 0 Å². The quantitative estimate of drug-likeness (QED) is 0.416. The summed E-state index contributed by atoms with van der Waals surface area (Å²) in [5, 5.41) is 4.14. The molecule has 0 N–H and O–H groups in total. The minimum Gasteiger partial charge on any atom is -0.328 e. The van der Waals surface area contributed by atoms with Gasteiger partial charge in [0.25, 0.3) is 0 Å². The van der Waals surface area contributed by atoms with Crippen LogP contribution >= 0.6 is 15.9 Å². The van der Waals surface area contributed by atoms with E-state index in [-0.39, 0.29) is 0 Å². The van der Waals surface area contributed by atoms with Crippen molar-refractivity contribution in [3.63, 3.8) is 0 Å². The smallest absolute Gasteiger partial charge is 0.141 e. The molecular weight excluding hydrogens is 364 g/mol. The zero-order valence-electron chi connectivity index (χ0n) is 13.8. The standard InChI is InChI=1S/C19H19BrN2Si/c1-22-16-10-9-12(20)11-14(16)18(23(2,3)4)17-13-7-5-6-8-15(13)21-19(17)22/h5-11H,1-4H3. The van der Waals surface area contributed by atoms with E-state index in [4.69, 9.17) is 4.98 Å². The third-order valence-corrected chi connectivity index (χ3v) is 7.04. The Morgan fingerprint density at radius 3 is 2.48 bits per heavy atom. The summed E-state index contributed by atoms with van der Waals surface area (Å²) in [5.74, 6) is 1.10. The van der Waals surface area contributed by atoms with E-state index in [0.29, 0.717) is 0 Å².